The lowest BCUT2D eigenvalue weighted by Gasteiger charge is -2.38. The number of rotatable bonds is 7. The summed E-state index contributed by atoms with van der Waals surface area (Å²) in [6, 6.07) is 9.11. The van der Waals surface area contributed by atoms with E-state index in [-0.39, 0.29) is 65.0 Å². The molecule has 0 unspecified atom stereocenters. The molecule has 3 atom stereocenters. The summed E-state index contributed by atoms with van der Waals surface area (Å²) in [5.74, 6) is -0.906. The van der Waals surface area contributed by atoms with Crippen LogP contribution in [0.4, 0.5) is 14.5 Å². The van der Waals surface area contributed by atoms with Crippen LogP contribution in [0, 0.1) is 6.57 Å². The van der Waals surface area contributed by atoms with Gasteiger partial charge in [0.2, 0.25) is 11.6 Å². The lowest BCUT2D eigenvalue weighted by molar-refractivity contribution is -0.125. The van der Waals surface area contributed by atoms with Crippen LogP contribution in [0.3, 0.4) is 0 Å². The molecular formula is C31H29ClF2N6O4. The second-order valence-corrected chi connectivity index (χ2v) is 11.8. The number of fused-ring (bicyclic) bond motifs is 3. The number of alkyl halides is 2. The maximum Gasteiger partial charge on any atom is 0.387 e. The van der Waals surface area contributed by atoms with E-state index in [4.69, 9.17) is 23.3 Å². The Hall–Kier alpha value is -4.50. The molecular weight excluding hydrogens is 594 g/mol. The molecule has 6 rings (SSSR count). The zero-order valence-electron chi connectivity index (χ0n) is 24.0. The van der Waals surface area contributed by atoms with E-state index in [0.29, 0.717) is 28.8 Å². The first-order valence-electron chi connectivity index (χ1n) is 14.3. The summed E-state index contributed by atoms with van der Waals surface area (Å²) in [5.41, 5.74) is 2.61. The highest BCUT2D eigenvalue weighted by Crippen LogP contribution is 2.37. The Morgan fingerprint density at radius 1 is 1.18 bits per heavy atom. The molecule has 44 heavy (non-hydrogen) atoms. The van der Waals surface area contributed by atoms with Crippen LogP contribution in [0.2, 0.25) is 5.02 Å². The third-order valence-electron chi connectivity index (χ3n) is 8.43. The minimum absolute atomic E-state index is 0.00200. The van der Waals surface area contributed by atoms with Crippen molar-refractivity contribution in [2.45, 2.75) is 70.4 Å². The number of ether oxygens (including phenoxy) is 1. The average molecular weight is 623 g/mol. The van der Waals surface area contributed by atoms with Gasteiger partial charge in [0.25, 0.3) is 11.8 Å². The van der Waals surface area contributed by atoms with Crippen molar-refractivity contribution in [3.05, 3.63) is 87.0 Å². The predicted molar refractivity (Wildman–Crippen MR) is 156 cm³/mol. The number of carbonyl (C=O) groups excluding carboxylic acids is 3. The van der Waals surface area contributed by atoms with Crippen LogP contribution in [0.15, 0.2) is 42.5 Å². The standard InChI is InChI=1S/C31H29ClF2N6O4/c1-16-12-24-22(14-38(16)29(42)19-6-11-23(32)25(13-19)35-3)27-30(43)39(15-26(40(27)37-24)28(41)36-20-7-8-20)17(2)18-4-9-21(10-5-18)44-31(33)34/h4-6,9-11,13,16-17,20,26,31H,7-8,12,14-15H2,1-2H3,(H,36,41)/t16-,17+,26+/m1/s1. The smallest absolute Gasteiger partial charge is 0.387 e. The van der Waals surface area contributed by atoms with Gasteiger partial charge in [-0.2, -0.15) is 13.9 Å². The largest absolute Gasteiger partial charge is 0.435 e. The molecule has 1 fully saturated rings. The number of hydrogen-bond acceptors (Lipinski definition) is 5. The fraction of sp³-hybridized carbons (Fsp3) is 0.387. The average Bonchev–Trinajstić information content (AvgIpc) is 3.73. The number of amides is 3. The molecule has 1 saturated carbocycles. The first kappa shape index (κ1) is 29.6. The van der Waals surface area contributed by atoms with E-state index in [1.54, 1.807) is 28.0 Å². The minimum atomic E-state index is -2.96. The SMILES string of the molecule is [C-]#[N+]c1cc(C(=O)N2Cc3c(nn4c3C(=O)N([C@@H](C)c3ccc(OC(F)F)cc3)C[C@H]4C(=O)NC3CC3)C[C@H]2C)ccc1Cl. The Kier molecular flexibility index (Phi) is 7.75. The Morgan fingerprint density at radius 2 is 1.91 bits per heavy atom. The van der Waals surface area contributed by atoms with Gasteiger partial charge in [-0.3, -0.25) is 14.4 Å². The van der Waals surface area contributed by atoms with Gasteiger partial charge in [0, 0.05) is 34.7 Å². The zero-order chi connectivity index (χ0) is 31.3. The van der Waals surface area contributed by atoms with Crippen LogP contribution >= 0.6 is 11.6 Å². The number of benzene rings is 2. The summed E-state index contributed by atoms with van der Waals surface area (Å²) in [6.45, 7) is 8.24. The van der Waals surface area contributed by atoms with Crippen molar-refractivity contribution in [3.8, 4) is 5.75 Å². The van der Waals surface area contributed by atoms with Crippen molar-refractivity contribution >= 4 is 35.0 Å². The monoisotopic (exact) mass is 622 g/mol. The molecule has 0 radical (unpaired) electrons. The van der Waals surface area contributed by atoms with Crippen molar-refractivity contribution in [1.82, 2.24) is 24.9 Å². The van der Waals surface area contributed by atoms with E-state index in [9.17, 15) is 23.2 Å². The number of carbonyl (C=O) groups is 3. The van der Waals surface area contributed by atoms with Crippen molar-refractivity contribution in [3.63, 3.8) is 0 Å². The maximum absolute atomic E-state index is 14.2. The summed E-state index contributed by atoms with van der Waals surface area (Å²) >= 11 is 6.09. The van der Waals surface area contributed by atoms with E-state index >= 15 is 0 Å². The molecule has 1 N–H and O–H groups in total. The number of nitrogens with zero attached hydrogens (tertiary/aromatic N) is 5. The summed E-state index contributed by atoms with van der Waals surface area (Å²) in [7, 11) is 0. The van der Waals surface area contributed by atoms with Gasteiger partial charge in [-0.15, -0.1) is 0 Å². The fourth-order valence-electron chi connectivity index (χ4n) is 5.83. The number of nitrogens with one attached hydrogen (secondary N) is 1. The Labute approximate surface area is 257 Å². The van der Waals surface area contributed by atoms with E-state index in [2.05, 4.69) is 14.9 Å². The van der Waals surface area contributed by atoms with Crippen molar-refractivity contribution in [1.29, 1.82) is 0 Å². The molecule has 228 valence electrons. The van der Waals surface area contributed by atoms with E-state index < -0.39 is 18.7 Å². The first-order chi connectivity index (χ1) is 21.0. The van der Waals surface area contributed by atoms with Gasteiger partial charge in [0.15, 0.2) is 0 Å². The van der Waals surface area contributed by atoms with Crippen LogP contribution in [0.25, 0.3) is 4.85 Å². The van der Waals surface area contributed by atoms with Crippen LogP contribution in [-0.4, -0.2) is 62.5 Å². The minimum Gasteiger partial charge on any atom is -0.435 e. The maximum atomic E-state index is 14.2. The van der Waals surface area contributed by atoms with Crippen molar-refractivity contribution in [2.75, 3.05) is 6.54 Å². The van der Waals surface area contributed by atoms with Crippen LogP contribution in [0.1, 0.15) is 76.4 Å². The fourth-order valence-corrected chi connectivity index (χ4v) is 5.99. The van der Waals surface area contributed by atoms with Gasteiger partial charge in [-0.1, -0.05) is 35.9 Å². The highest BCUT2D eigenvalue weighted by molar-refractivity contribution is 6.33. The Bertz CT molecular complexity index is 1680. The molecule has 2 aliphatic heterocycles. The van der Waals surface area contributed by atoms with Gasteiger partial charge >= 0.3 is 6.61 Å². The molecule has 0 saturated heterocycles. The third kappa shape index (κ3) is 5.48. The Balaban J connectivity index is 1.35. The van der Waals surface area contributed by atoms with Gasteiger partial charge in [-0.25, -0.2) is 9.53 Å². The van der Waals surface area contributed by atoms with E-state index in [0.717, 1.165) is 12.8 Å². The van der Waals surface area contributed by atoms with Gasteiger partial charge in [0.1, 0.15) is 17.5 Å². The molecule has 3 aromatic rings. The third-order valence-corrected chi connectivity index (χ3v) is 8.74. The topological polar surface area (TPSA) is 101 Å². The molecule has 3 aliphatic rings. The van der Waals surface area contributed by atoms with Gasteiger partial charge < -0.3 is 19.9 Å². The van der Waals surface area contributed by atoms with Crippen LogP contribution in [-0.2, 0) is 17.8 Å². The zero-order valence-corrected chi connectivity index (χ0v) is 24.7. The summed E-state index contributed by atoms with van der Waals surface area (Å²) in [5, 5.41) is 8.04. The van der Waals surface area contributed by atoms with E-state index in [1.165, 1.54) is 28.9 Å². The summed E-state index contributed by atoms with van der Waals surface area (Å²) in [4.78, 5) is 48.0. The number of hydrogen-bond donors (Lipinski definition) is 1. The molecule has 0 bridgehead atoms. The summed E-state index contributed by atoms with van der Waals surface area (Å²) in [6.07, 6.45) is 2.15. The summed E-state index contributed by atoms with van der Waals surface area (Å²) < 4.78 is 31.3. The van der Waals surface area contributed by atoms with E-state index in [1.807, 2.05) is 13.8 Å². The number of aromatic nitrogens is 2. The molecule has 1 aromatic heterocycles. The normalized spacial score (nSPS) is 20.1. The molecule has 13 heteroatoms. The highest BCUT2D eigenvalue weighted by Gasteiger charge is 2.44. The van der Waals surface area contributed by atoms with Crippen molar-refractivity contribution in [2.24, 2.45) is 0 Å². The molecule has 10 nitrogen and oxygen atoms in total. The molecule has 1 aliphatic carbocycles. The van der Waals surface area contributed by atoms with Crippen LogP contribution in [0.5, 0.6) is 5.75 Å². The van der Waals surface area contributed by atoms with Gasteiger partial charge in [-0.05, 0) is 50.5 Å². The lowest BCUT2D eigenvalue weighted by Crippen LogP contribution is -2.50. The van der Waals surface area contributed by atoms with Gasteiger partial charge in [0.05, 0.1) is 31.4 Å². The quantitative estimate of drug-likeness (QED) is 0.360. The lowest BCUT2D eigenvalue weighted by atomic mass is 9.96. The second kappa shape index (κ2) is 11.5. The number of halogens is 3. The van der Waals surface area contributed by atoms with Crippen molar-refractivity contribution < 1.29 is 27.9 Å². The molecule has 3 amide bonds. The highest BCUT2D eigenvalue weighted by atomic mass is 35.5. The molecule has 2 aromatic carbocycles. The molecule has 3 heterocycles. The Morgan fingerprint density at radius 3 is 2.57 bits per heavy atom. The predicted octanol–water partition coefficient (Wildman–Crippen LogP) is 5.31. The molecule has 0 spiro atoms. The van der Waals surface area contributed by atoms with Crippen LogP contribution < -0.4 is 10.1 Å². The first-order valence-corrected chi connectivity index (χ1v) is 14.7. The second-order valence-electron chi connectivity index (χ2n) is 11.4.